The number of thiazole rings is 1. The van der Waals surface area contributed by atoms with Gasteiger partial charge in [-0.1, -0.05) is 17.7 Å². The molecular weight excluding hydrogens is 524 g/mol. The number of hydrogen-bond acceptors (Lipinski definition) is 7. The van der Waals surface area contributed by atoms with E-state index in [9.17, 15) is 9.59 Å². The first-order chi connectivity index (χ1) is 18.4. The molecule has 0 aliphatic carbocycles. The van der Waals surface area contributed by atoms with E-state index in [2.05, 4.69) is 20.4 Å². The van der Waals surface area contributed by atoms with Crippen LogP contribution in [0.25, 0.3) is 5.82 Å². The number of halogens is 1. The largest absolute Gasteiger partial charge is 0.484 e. The van der Waals surface area contributed by atoms with Gasteiger partial charge in [0.2, 0.25) is 0 Å². The molecule has 1 N–H and O–H groups in total. The molecule has 196 valence electrons. The van der Waals surface area contributed by atoms with E-state index in [4.69, 9.17) is 16.3 Å². The van der Waals surface area contributed by atoms with Crippen molar-refractivity contribution < 1.29 is 14.3 Å². The number of aromatic nitrogens is 4. The molecule has 0 radical (unpaired) electrons. The normalized spacial score (nSPS) is 13.9. The summed E-state index contributed by atoms with van der Waals surface area (Å²) in [6.45, 7) is 5.06. The monoisotopic (exact) mass is 550 g/mol. The number of pyridine rings is 1. The van der Waals surface area contributed by atoms with E-state index < -0.39 is 0 Å². The van der Waals surface area contributed by atoms with Gasteiger partial charge in [0.25, 0.3) is 11.8 Å². The highest BCUT2D eigenvalue weighted by Gasteiger charge is 2.27. The molecule has 1 saturated heterocycles. The number of hydrogen-bond donors (Lipinski definition) is 1. The van der Waals surface area contributed by atoms with Crippen molar-refractivity contribution >= 4 is 40.4 Å². The fourth-order valence-corrected chi connectivity index (χ4v) is 5.59. The molecule has 9 nitrogen and oxygen atoms in total. The molecule has 4 heterocycles. The van der Waals surface area contributed by atoms with Gasteiger partial charge >= 0.3 is 0 Å². The van der Waals surface area contributed by atoms with E-state index in [1.54, 1.807) is 52.7 Å². The van der Waals surface area contributed by atoms with Crippen molar-refractivity contribution in [3.63, 3.8) is 0 Å². The third kappa shape index (κ3) is 5.87. The summed E-state index contributed by atoms with van der Waals surface area (Å²) in [5.41, 5.74) is 2.72. The molecule has 5 rings (SSSR count). The van der Waals surface area contributed by atoms with E-state index in [0.29, 0.717) is 41.1 Å². The zero-order valence-corrected chi connectivity index (χ0v) is 22.6. The van der Waals surface area contributed by atoms with Crippen LogP contribution in [-0.2, 0) is 4.79 Å². The Bertz CT molecular complexity index is 1460. The van der Waals surface area contributed by atoms with Crippen LogP contribution < -0.4 is 10.1 Å². The maximum absolute atomic E-state index is 13.0. The molecule has 11 heteroatoms. The Morgan fingerprint density at radius 2 is 1.97 bits per heavy atom. The lowest BCUT2D eigenvalue weighted by molar-refractivity contribution is -0.134. The van der Waals surface area contributed by atoms with Crippen molar-refractivity contribution in [3.05, 3.63) is 81.2 Å². The van der Waals surface area contributed by atoms with Crippen molar-refractivity contribution in [1.82, 2.24) is 24.6 Å². The highest BCUT2D eigenvalue weighted by molar-refractivity contribution is 7.10. The molecule has 1 aromatic carbocycles. The smallest absolute Gasteiger partial charge is 0.275 e. The molecule has 4 aromatic rings. The van der Waals surface area contributed by atoms with Crippen molar-refractivity contribution in [3.8, 4) is 11.6 Å². The molecule has 0 spiro atoms. The Labute approximate surface area is 229 Å². The zero-order chi connectivity index (χ0) is 26.6. The number of amides is 2. The van der Waals surface area contributed by atoms with Crippen LogP contribution in [0.4, 0.5) is 5.69 Å². The van der Waals surface area contributed by atoms with Crippen LogP contribution in [0.2, 0.25) is 5.02 Å². The van der Waals surface area contributed by atoms with Gasteiger partial charge in [0, 0.05) is 41.3 Å². The summed E-state index contributed by atoms with van der Waals surface area (Å²) in [5, 5.41) is 10.7. The predicted molar refractivity (Wildman–Crippen MR) is 146 cm³/mol. The van der Waals surface area contributed by atoms with Gasteiger partial charge in [0.15, 0.2) is 12.4 Å². The van der Waals surface area contributed by atoms with Crippen LogP contribution in [0.3, 0.4) is 0 Å². The van der Waals surface area contributed by atoms with Gasteiger partial charge in [-0.05, 0) is 63.1 Å². The number of rotatable bonds is 7. The van der Waals surface area contributed by atoms with Gasteiger partial charge in [-0.25, -0.2) is 14.6 Å². The van der Waals surface area contributed by atoms with Crippen LogP contribution in [0.5, 0.6) is 5.75 Å². The van der Waals surface area contributed by atoms with E-state index >= 15 is 0 Å². The second-order valence-corrected chi connectivity index (χ2v) is 10.5. The minimum absolute atomic E-state index is 0.0272. The van der Waals surface area contributed by atoms with Crippen LogP contribution >= 0.6 is 22.9 Å². The van der Waals surface area contributed by atoms with Crippen LogP contribution in [0.15, 0.2) is 54.0 Å². The Hall–Kier alpha value is -3.76. The van der Waals surface area contributed by atoms with Crippen molar-refractivity contribution in [2.75, 3.05) is 25.0 Å². The van der Waals surface area contributed by atoms with Gasteiger partial charge in [-0.15, -0.1) is 11.3 Å². The zero-order valence-electron chi connectivity index (χ0n) is 21.1. The summed E-state index contributed by atoms with van der Waals surface area (Å²) in [5.74, 6) is 0.968. The van der Waals surface area contributed by atoms with Crippen molar-refractivity contribution in [1.29, 1.82) is 0 Å². The van der Waals surface area contributed by atoms with Gasteiger partial charge < -0.3 is 15.0 Å². The molecule has 38 heavy (non-hydrogen) atoms. The molecule has 0 bridgehead atoms. The van der Waals surface area contributed by atoms with Crippen LogP contribution in [-0.4, -0.2) is 56.2 Å². The topological polar surface area (TPSA) is 102 Å². The molecule has 1 aliphatic heterocycles. The molecule has 0 saturated carbocycles. The van der Waals surface area contributed by atoms with Crippen LogP contribution in [0.1, 0.15) is 45.6 Å². The number of nitrogens with one attached hydrogen (secondary N) is 1. The number of benzene rings is 1. The lowest BCUT2D eigenvalue weighted by atomic mass is 9.97. The average molecular weight is 551 g/mol. The highest BCUT2D eigenvalue weighted by atomic mass is 35.5. The number of nitrogens with zero attached hydrogens (tertiary/aromatic N) is 5. The lowest BCUT2D eigenvalue weighted by Crippen LogP contribution is -2.40. The number of ether oxygens (including phenoxy) is 1. The average Bonchev–Trinajstić information content (AvgIpc) is 3.54. The number of carbonyl (C=O) groups is 2. The third-order valence-electron chi connectivity index (χ3n) is 6.35. The predicted octanol–water partition coefficient (Wildman–Crippen LogP) is 5.03. The molecule has 3 aromatic heterocycles. The second kappa shape index (κ2) is 11.3. The third-order valence-corrected chi connectivity index (χ3v) is 7.60. The number of anilines is 1. The van der Waals surface area contributed by atoms with E-state index in [1.165, 1.54) is 11.3 Å². The molecule has 1 fully saturated rings. The Kier molecular flexibility index (Phi) is 7.71. The van der Waals surface area contributed by atoms with Crippen LogP contribution in [0, 0.1) is 13.8 Å². The molecule has 1 aliphatic rings. The standard InChI is InChI=1S/C27H27ClN6O3S/c1-17-13-18(2)34(32-17)25-22(7-4-10-29-25)30-26(36)23-16-38-27(31-23)19-8-11-33(12-9-19)24(35)15-37-21-6-3-5-20(28)14-21/h3-7,10,13-14,16,19H,8-9,11-12,15H2,1-2H3,(H,30,36). The summed E-state index contributed by atoms with van der Waals surface area (Å²) in [4.78, 5) is 36.5. The van der Waals surface area contributed by atoms with E-state index in [0.717, 1.165) is 29.2 Å². The van der Waals surface area contributed by atoms with Gasteiger partial charge in [-0.3, -0.25) is 9.59 Å². The second-order valence-electron chi connectivity index (χ2n) is 9.14. The fraction of sp³-hybridized carbons (Fsp3) is 0.296. The van der Waals surface area contributed by atoms with Gasteiger partial charge in [-0.2, -0.15) is 5.10 Å². The van der Waals surface area contributed by atoms with Crippen molar-refractivity contribution in [2.24, 2.45) is 0 Å². The summed E-state index contributed by atoms with van der Waals surface area (Å²) < 4.78 is 7.31. The first kappa shape index (κ1) is 25.9. The highest BCUT2D eigenvalue weighted by Crippen LogP contribution is 2.31. The SMILES string of the molecule is Cc1cc(C)n(-c2ncccc2NC(=O)c2csc(C3CCN(C(=O)COc4cccc(Cl)c4)CC3)n2)n1. The molecule has 2 amide bonds. The minimum atomic E-state index is -0.297. The van der Waals surface area contributed by atoms with E-state index in [1.807, 2.05) is 24.8 Å². The molecular formula is C27H27ClN6O3S. The lowest BCUT2D eigenvalue weighted by Gasteiger charge is -2.31. The number of likely N-dealkylation sites (tertiary alicyclic amines) is 1. The van der Waals surface area contributed by atoms with E-state index in [-0.39, 0.29) is 24.3 Å². The first-order valence-electron chi connectivity index (χ1n) is 12.3. The Balaban J connectivity index is 1.17. The summed E-state index contributed by atoms with van der Waals surface area (Å²) in [6, 6.07) is 12.5. The maximum atomic E-state index is 13.0. The van der Waals surface area contributed by atoms with Gasteiger partial charge in [0.1, 0.15) is 11.4 Å². The molecule has 0 atom stereocenters. The summed E-state index contributed by atoms with van der Waals surface area (Å²) in [7, 11) is 0. The minimum Gasteiger partial charge on any atom is -0.484 e. The maximum Gasteiger partial charge on any atom is 0.275 e. The number of carbonyl (C=O) groups excluding carboxylic acids is 2. The van der Waals surface area contributed by atoms with Crippen molar-refractivity contribution in [2.45, 2.75) is 32.6 Å². The van der Waals surface area contributed by atoms with Gasteiger partial charge in [0.05, 0.1) is 16.4 Å². The first-order valence-corrected chi connectivity index (χ1v) is 13.5. The quantitative estimate of drug-likeness (QED) is 0.346. The Morgan fingerprint density at radius 1 is 1.16 bits per heavy atom. The fourth-order valence-electron chi connectivity index (χ4n) is 4.44. The number of piperidine rings is 1. The summed E-state index contributed by atoms with van der Waals surface area (Å²) >= 11 is 7.45. The number of aryl methyl sites for hydroxylation is 2. The Morgan fingerprint density at radius 3 is 2.71 bits per heavy atom. The molecule has 0 unspecified atom stereocenters. The summed E-state index contributed by atoms with van der Waals surface area (Å²) in [6.07, 6.45) is 3.23.